The number of nitrogens with zero attached hydrogens (tertiary/aromatic N) is 2. The molecule has 2 heterocycles. The standard InChI is InChI=1S/C14H18N2O5S/c1-10-3-4-11(7-15-10)14(18)21-8-13(17)16(2)12-5-6-22(19,20)9-12/h3-4,7,12H,5-6,8-9H2,1-2H3. The first-order chi connectivity index (χ1) is 10.3. The van der Waals surface area contributed by atoms with Crippen LogP contribution in [0.5, 0.6) is 0 Å². The summed E-state index contributed by atoms with van der Waals surface area (Å²) in [4.78, 5) is 29.1. The highest BCUT2D eigenvalue weighted by Crippen LogP contribution is 2.16. The number of aromatic nitrogens is 1. The maximum atomic E-state index is 12.0. The molecular formula is C14H18N2O5S. The summed E-state index contributed by atoms with van der Waals surface area (Å²) >= 11 is 0. The van der Waals surface area contributed by atoms with Crippen LogP contribution in [-0.2, 0) is 19.4 Å². The van der Waals surface area contributed by atoms with Crippen molar-refractivity contribution in [1.29, 1.82) is 0 Å². The second-order valence-electron chi connectivity index (χ2n) is 5.33. The van der Waals surface area contributed by atoms with Crippen LogP contribution in [0.4, 0.5) is 0 Å². The van der Waals surface area contributed by atoms with Gasteiger partial charge in [-0.15, -0.1) is 0 Å². The number of hydrogen-bond acceptors (Lipinski definition) is 6. The van der Waals surface area contributed by atoms with Gasteiger partial charge < -0.3 is 9.64 Å². The first-order valence-corrected chi connectivity index (χ1v) is 8.66. The van der Waals surface area contributed by atoms with Gasteiger partial charge in [0.15, 0.2) is 16.4 Å². The van der Waals surface area contributed by atoms with Crippen LogP contribution in [0.2, 0.25) is 0 Å². The van der Waals surface area contributed by atoms with E-state index in [1.807, 2.05) is 0 Å². The quantitative estimate of drug-likeness (QED) is 0.733. The molecule has 0 radical (unpaired) electrons. The van der Waals surface area contributed by atoms with E-state index in [0.29, 0.717) is 6.42 Å². The van der Waals surface area contributed by atoms with Crippen LogP contribution in [-0.4, -0.2) is 61.4 Å². The fourth-order valence-corrected chi connectivity index (χ4v) is 3.96. The van der Waals surface area contributed by atoms with Crippen molar-refractivity contribution in [2.24, 2.45) is 0 Å². The first kappa shape index (κ1) is 16.4. The number of ether oxygens (including phenoxy) is 1. The number of sulfone groups is 1. The minimum atomic E-state index is -3.06. The van der Waals surface area contributed by atoms with E-state index in [-0.39, 0.29) is 23.1 Å². The van der Waals surface area contributed by atoms with Crippen molar-refractivity contribution in [3.8, 4) is 0 Å². The Hall–Kier alpha value is -1.96. The van der Waals surface area contributed by atoms with E-state index in [4.69, 9.17) is 4.74 Å². The molecule has 0 aromatic carbocycles. The minimum Gasteiger partial charge on any atom is -0.452 e. The molecule has 1 aliphatic heterocycles. The summed E-state index contributed by atoms with van der Waals surface area (Å²) in [6, 6.07) is 2.90. The summed E-state index contributed by atoms with van der Waals surface area (Å²) in [5, 5.41) is 0. The summed E-state index contributed by atoms with van der Waals surface area (Å²) in [6.07, 6.45) is 1.80. The third-order valence-electron chi connectivity index (χ3n) is 3.62. The Bertz CT molecular complexity index is 669. The highest BCUT2D eigenvalue weighted by molar-refractivity contribution is 7.91. The first-order valence-electron chi connectivity index (χ1n) is 6.84. The average molecular weight is 326 g/mol. The molecule has 0 spiro atoms. The Morgan fingerprint density at radius 3 is 2.68 bits per heavy atom. The summed E-state index contributed by atoms with van der Waals surface area (Å²) < 4.78 is 27.8. The molecule has 0 aliphatic carbocycles. The van der Waals surface area contributed by atoms with Gasteiger partial charge in [0.25, 0.3) is 5.91 Å². The molecule has 8 heteroatoms. The van der Waals surface area contributed by atoms with E-state index < -0.39 is 28.3 Å². The topological polar surface area (TPSA) is 93.6 Å². The van der Waals surface area contributed by atoms with Crippen molar-refractivity contribution in [3.63, 3.8) is 0 Å². The van der Waals surface area contributed by atoms with E-state index in [9.17, 15) is 18.0 Å². The highest BCUT2D eigenvalue weighted by Gasteiger charge is 2.32. The second-order valence-corrected chi connectivity index (χ2v) is 7.55. The zero-order valence-corrected chi connectivity index (χ0v) is 13.3. The predicted molar refractivity (Wildman–Crippen MR) is 79.1 cm³/mol. The molecule has 1 atom stereocenters. The van der Waals surface area contributed by atoms with Crippen LogP contribution in [0.25, 0.3) is 0 Å². The third kappa shape index (κ3) is 4.03. The lowest BCUT2D eigenvalue weighted by molar-refractivity contribution is -0.134. The molecule has 1 amide bonds. The van der Waals surface area contributed by atoms with E-state index in [0.717, 1.165) is 5.69 Å². The number of rotatable bonds is 4. The van der Waals surface area contributed by atoms with E-state index in [1.165, 1.54) is 18.1 Å². The number of esters is 1. The van der Waals surface area contributed by atoms with E-state index >= 15 is 0 Å². The molecule has 0 saturated carbocycles. The SMILES string of the molecule is Cc1ccc(C(=O)OCC(=O)N(C)C2CCS(=O)(=O)C2)cn1. The number of likely N-dealkylation sites (N-methyl/N-ethyl adjacent to an activating group) is 1. The van der Waals surface area contributed by atoms with Crippen LogP contribution < -0.4 is 0 Å². The van der Waals surface area contributed by atoms with Crippen molar-refractivity contribution in [1.82, 2.24) is 9.88 Å². The molecule has 120 valence electrons. The van der Waals surface area contributed by atoms with Crippen LogP contribution in [0, 0.1) is 6.92 Å². The lowest BCUT2D eigenvalue weighted by Crippen LogP contribution is -2.40. The van der Waals surface area contributed by atoms with Gasteiger partial charge in [0, 0.05) is 25.0 Å². The molecule has 2 rings (SSSR count). The minimum absolute atomic E-state index is 0.0366. The van der Waals surface area contributed by atoms with Crippen molar-refractivity contribution < 1.29 is 22.7 Å². The molecule has 1 fully saturated rings. The van der Waals surface area contributed by atoms with Crippen molar-refractivity contribution >= 4 is 21.7 Å². The van der Waals surface area contributed by atoms with E-state index in [2.05, 4.69) is 4.98 Å². The van der Waals surface area contributed by atoms with Crippen LogP contribution in [0.1, 0.15) is 22.5 Å². The fourth-order valence-electron chi connectivity index (χ4n) is 2.19. The molecule has 1 aliphatic rings. The van der Waals surface area contributed by atoms with Gasteiger partial charge in [-0.25, -0.2) is 13.2 Å². The van der Waals surface area contributed by atoms with Crippen molar-refractivity contribution in [3.05, 3.63) is 29.6 Å². The zero-order valence-electron chi connectivity index (χ0n) is 12.5. The molecule has 7 nitrogen and oxygen atoms in total. The number of aryl methyl sites for hydroxylation is 1. The predicted octanol–water partition coefficient (Wildman–Crippen LogP) is 0.192. The van der Waals surface area contributed by atoms with Crippen molar-refractivity contribution in [2.75, 3.05) is 25.2 Å². The summed E-state index contributed by atoms with van der Waals surface area (Å²) in [7, 11) is -1.54. The largest absolute Gasteiger partial charge is 0.452 e. The smallest absolute Gasteiger partial charge is 0.340 e. The summed E-state index contributed by atoms with van der Waals surface area (Å²) in [5.74, 6) is -1.00. The molecule has 22 heavy (non-hydrogen) atoms. The summed E-state index contributed by atoms with van der Waals surface area (Å²) in [5.41, 5.74) is 1.04. The molecule has 0 bridgehead atoms. The van der Waals surface area contributed by atoms with Gasteiger partial charge >= 0.3 is 5.97 Å². The maximum absolute atomic E-state index is 12.0. The number of hydrogen-bond donors (Lipinski definition) is 0. The highest BCUT2D eigenvalue weighted by atomic mass is 32.2. The number of pyridine rings is 1. The molecular weight excluding hydrogens is 308 g/mol. The molecule has 0 N–H and O–H groups in total. The Morgan fingerprint density at radius 1 is 1.41 bits per heavy atom. The lowest BCUT2D eigenvalue weighted by atomic mass is 10.2. The van der Waals surface area contributed by atoms with E-state index in [1.54, 1.807) is 19.1 Å². The molecule has 1 aromatic heterocycles. The molecule has 1 unspecified atom stereocenters. The Kier molecular flexibility index (Phi) is 4.80. The summed E-state index contributed by atoms with van der Waals surface area (Å²) in [6.45, 7) is 1.38. The number of carbonyl (C=O) groups excluding carboxylic acids is 2. The van der Waals surface area contributed by atoms with Gasteiger partial charge in [0.05, 0.1) is 17.1 Å². The second kappa shape index (κ2) is 6.43. The average Bonchev–Trinajstić information content (AvgIpc) is 2.84. The van der Waals surface area contributed by atoms with Crippen LogP contribution in [0.15, 0.2) is 18.3 Å². The monoisotopic (exact) mass is 326 g/mol. The fraction of sp³-hybridized carbons (Fsp3) is 0.500. The van der Waals surface area contributed by atoms with Crippen LogP contribution in [0.3, 0.4) is 0 Å². The Labute approximate surface area is 129 Å². The van der Waals surface area contributed by atoms with Gasteiger partial charge in [-0.2, -0.15) is 0 Å². The van der Waals surface area contributed by atoms with Gasteiger partial charge in [-0.05, 0) is 25.5 Å². The number of carbonyl (C=O) groups is 2. The van der Waals surface area contributed by atoms with Gasteiger partial charge in [0.1, 0.15) is 0 Å². The van der Waals surface area contributed by atoms with Crippen LogP contribution >= 0.6 is 0 Å². The van der Waals surface area contributed by atoms with Crippen molar-refractivity contribution in [2.45, 2.75) is 19.4 Å². The normalized spacial score (nSPS) is 19.6. The number of amides is 1. The lowest BCUT2D eigenvalue weighted by Gasteiger charge is -2.23. The molecule has 1 aromatic rings. The van der Waals surface area contributed by atoms with Gasteiger partial charge in [-0.3, -0.25) is 9.78 Å². The Balaban J connectivity index is 1.87. The Morgan fingerprint density at radius 2 is 2.14 bits per heavy atom. The maximum Gasteiger partial charge on any atom is 0.340 e. The zero-order chi connectivity index (χ0) is 16.3. The van der Waals surface area contributed by atoms with Gasteiger partial charge in [-0.1, -0.05) is 0 Å². The molecule has 1 saturated heterocycles. The van der Waals surface area contributed by atoms with Gasteiger partial charge in [0.2, 0.25) is 0 Å². The third-order valence-corrected chi connectivity index (χ3v) is 5.37.